The molecule has 0 unspecified atom stereocenters. The first-order valence-electron chi connectivity index (χ1n) is 7.53. The van der Waals surface area contributed by atoms with E-state index in [1.807, 2.05) is 0 Å². The Kier molecular flexibility index (Phi) is 4.83. The van der Waals surface area contributed by atoms with Crippen LogP contribution in [0.15, 0.2) is 67.1 Å². The van der Waals surface area contributed by atoms with Crippen LogP contribution in [0, 0.1) is 0 Å². The number of alkyl halides is 3. The van der Waals surface area contributed by atoms with Crippen LogP contribution in [0.25, 0.3) is 0 Å². The third-order valence-corrected chi connectivity index (χ3v) is 3.41. The summed E-state index contributed by atoms with van der Waals surface area (Å²) in [5, 5.41) is 5.46. The van der Waals surface area contributed by atoms with Crippen molar-refractivity contribution in [3.8, 4) is 0 Å². The van der Waals surface area contributed by atoms with Gasteiger partial charge < -0.3 is 10.6 Å². The fourth-order valence-corrected chi connectivity index (χ4v) is 2.16. The second kappa shape index (κ2) is 7.22. The summed E-state index contributed by atoms with van der Waals surface area (Å²) < 4.78 is 38.2. The first-order valence-corrected chi connectivity index (χ1v) is 7.53. The van der Waals surface area contributed by atoms with Gasteiger partial charge >= 0.3 is 6.18 Å². The summed E-state index contributed by atoms with van der Waals surface area (Å²) >= 11 is 0. The van der Waals surface area contributed by atoms with Crippen LogP contribution in [0.2, 0.25) is 0 Å². The van der Waals surface area contributed by atoms with E-state index in [2.05, 4.69) is 20.6 Å². The molecule has 0 atom stereocenters. The minimum atomic E-state index is -4.41. The molecule has 26 heavy (non-hydrogen) atoms. The van der Waals surface area contributed by atoms with E-state index in [1.54, 1.807) is 30.5 Å². The number of carbonyl (C=O) groups is 1. The van der Waals surface area contributed by atoms with Crippen molar-refractivity contribution in [2.24, 2.45) is 0 Å². The van der Waals surface area contributed by atoms with Crippen LogP contribution >= 0.6 is 0 Å². The van der Waals surface area contributed by atoms with E-state index < -0.39 is 11.7 Å². The van der Waals surface area contributed by atoms with Gasteiger partial charge in [-0.3, -0.25) is 9.78 Å². The normalized spacial score (nSPS) is 11.0. The Morgan fingerprint density at radius 2 is 1.81 bits per heavy atom. The highest BCUT2D eigenvalue weighted by Crippen LogP contribution is 2.31. The van der Waals surface area contributed by atoms with Crippen LogP contribution in [0.5, 0.6) is 0 Å². The van der Waals surface area contributed by atoms with Crippen molar-refractivity contribution in [3.05, 3.63) is 78.2 Å². The predicted molar refractivity (Wildman–Crippen MR) is 91.2 cm³/mol. The van der Waals surface area contributed by atoms with Gasteiger partial charge in [-0.1, -0.05) is 6.07 Å². The number of amides is 1. The van der Waals surface area contributed by atoms with Crippen molar-refractivity contribution in [3.63, 3.8) is 0 Å². The Labute approximate surface area is 146 Å². The summed E-state index contributed by atoms with van der Waals surface area (Å²) in [5.74, 6) is 0.0159. The first kappa shape index (κ1) is 17.4. The van der Waals surface area contributed by atoms with E-state index in [-0.39, 0.29) is 11.6 Å². The van der Waals surface area contributed by atoms with Gasteiger partial charge in [0, 0.05) is 18.1 Å². The molecule has 0 aliphatic rings. The molecule has 0 aliphatic heterocycles. The number of carbonyl (C=O) groups excluding carboxylic acids is 1. The molecule has 2 N–H and O–H groups in total. The first-order chi connectivity index (χ1) is 12.4. The second-order valence-corrected chi connectivity index (χ2v) is 5.33. The number of anilines is 3. The minimum Gasteiger partial charge on any atom is -0.340 e. The average Bonchev–Trinajstić information content (AvgIpc) is 2.63. The molecule has 3 aromatic rings. The van der Waals surface area contributed by atoms with Crippen molar-refractivity contribution in [2.75, 3.05) is 10.6 Å². The second-order valence-electron chi connectivity index (χ2n) is 5.33. The van der Waals surface area contributed by atoms with Crippen LogP contribution in [0.3, 0.4) is 0 Å². The Hall–Kier alpha value is -3.42. The number of pyridine rings is 2. The summed E-state index contributed by atoms with van der Waals surface area (Å²) in [5.41, 5.74) is 0.370. The van der Waals surface area contributed by atoms with E-state index in [9.17, 15) is 18.0 Å². The van der Waals surface area contributed by atoms with Gasteiger partial charge in [0.25, 0.3) is 5.91 Å². The van der Waals surface area contributed by atoms with Crippen molar-refractivity contribution in [1.29, 1.82) is 0 Å². The minimum absolute atomic E-state index is 0.263. The standard InChI is InChI=1S/C18H13F3N4O/c19-18(20,21)13-4-1-5-14(9-13)24-16-7-6-15(11-23-16)25-17(26)12-3-2-8-22-10-12/h1-11H,(H,23,24)(H,25,26). The zero-order valence-electron chi connectivity index (χ0n) is 13.3. The number of rotatable bonds is 4. The number of nitrogens with one attached hydrogen (secondary N) is 2. The molecule has 5 nitrogen and oxygen atoms in total. The van der Waals surface area contributed by atoms with Crippen LogP contribution in [0.4, 0.5) is 30.4 Å². The topological polar surface area (TPSA) is 66.9 Å². The molecule has 0 bridgehead atoms. The van der Waals surface area contributed by atoms with Gasteiger partial charge in [-0.2, -0.15) is 13.2 Å². The molecular formula is C18H13F3N4O. The van der Waals surface area contributed by atoms with Crippen molar-refractivity contribution >= 4 is 23.1 Å². The maximum atomic E-state index is 12.7. The molecule has 0 fully saturated rings. The maximum absolute atomic E-state index is 12.7. The summed E-state index contributed by atoms with van der Waals surface area (Å²) in [6.07, 6.45) is -0.00529. The molecule has 0 saturated heterocycles. The van der Waals surface area contributed by atoms with Gasteiger partial charge in [0.2, 0.25) is 0 Å². The van der Waals surface area contributed by atoms with Crippen molar-refractivity contribution < 1.29 is 18.0 Å². The largest absolute Gasteiger partial charge is 0.416 e. The summed E-state index contributed by atoms with van der Waals surface area (Å²) in [4.78, 5) is 20.0. The van der Waals surface area contributed by atoms with E-state index in [1.165, 1.54) is 24.5 Å². The summed E-state index contributed by atoms with van der Waals surface area (Å²) in [6, 6.07) is 11.2. The van der Waals surface area contributed by atoms with E-state index in [0.29, 0.717) is 17.1 Å². The molecule has 0 radical (unpaired) electrons. The SMILES string of the molecule is O=C(Nc1ccc(Nc2cccc(C(F)(F)F)c2)nc1)c1cccnc1. The molecule has 1 amide bonds. The van der Waals surface area contributed by atoms with Crippen molar-refractivity contribution in [2.45, 2.75) is 6.18 Å². The Balaban J connectivity index is 1.68. The van der Waals surface area contributed by atoms with Crippen LogP contribution < -0.4 is 10.6 Å². The third kappa shape index (κ3) is 4.35. The molecule has 1 aromatic carbocycles. The smallest absolute Gasteiger partial charge is 0.340 e. The number of benzene rings is 1. The molecular weight excluding hydrogens is 345 g/mol. The zero-order chi connectivity index (χ0) is 18.6. The van der Waals surface area contributed by atoms with Gasteiger partial charge in [0.05, 0.1) is 23.0 Å². The molecule has 8 heteroatoms. The van der Waals surface area contributed by atoms with Gasteiger partial charge in [-0.15, -0.1) is 0 Å². The van der Waals surface area contributed by atoms with E-state index in [4.69, 9.17) is 0 Å². The molecule has 0 spiro atoms. The van der Waals surface area contributed by atoms with Crippen molar-refractivity contribution in [1.82, 2.24) is 9.97 Å². The van der Waals surface area contributed by atoms with Crippen LogP contribution in [-0.2, 0) is 6.18 Å². The molecule has 2 aromatic heterocycles. The summed E-state index contributed by atoms with van der Waals surface area (Å²) in [6.45, 7) is 0. The van der Waals surface area contributed by atoms with Gasteiger partial charge in [-0.25, -0.2) is 4.98 Å². The van der Waals surface area contributed by atoms with Gasteiger partial charge in [0.15, 0.2) is 0 Å². The Morgan fingerprint density at radius 3 is 2.46 bits per heavy atom. The number of hydrogen-bond acceptors (Lipinski definition) is 4. The fourth-order valence-electron chi connectivity index (χ4n) is 2.16. The summed E-state index contributed by atoms with van der Waals surface area (Å²) in [7, 11) is 0. The Bertz CT molecular complexity index is 896. The highest BCUT2D eigenvalue weighted by atomic mass is 19.4. The van der Waals surface area contributed by atoms with E-state index >= 15 is 0 Å². The quantitative estimate of drug-likeness (QED) is 0.721. The number of aromatic nitrogens is 2. The Morgan fingerprint density at radius 1 is 0.962 bits per heavy atom. The molecule has 3 rings (SSSR count). The maximum Gasteiger partial charge on any atom is 0.416 e. The lowest BCUT2D eigenvalue weighted by molar-refractivity contribution is -0.137. The molecule has 0 saturated carbocycles. The fraction of sp³-hybridized carbons (Fsp3) is 0.0556. The monoisotopic (exact) mass is 358 g/mol. The third-order valence-electron chi connectivity index (χ3n) is 3.41. The van der Waals surface area contributed by atoms with Crippen LogP contribution in [0.1, 0.15) is 15.9 Å². The lowest BCUT2D eigenvalue weighted by Gasteiger charge is -2.10. The number of nitrogens with zero attached hydrogens (tertiary/aromatic N) is 2. The van der Waals surface area contributed by atoms with Crippen LogP contribution in [-0.4, -0.2) is 15.9 Å². The number of halogens is 3. The molecule has 0 aliphatic carbocycles. The lowest BCUT2D eigenvalue weighted by Crippen LogP contribution is -2.12. The average molecular weight is 358 g/mol. The van der Waals surface area contributed by atoms with Gasteiger partial charge in [-0.05, 0) is 42.5 Å². The predicted octanol–water partition coefficient (Wildman–Crippen LogP) is 4.49. The highest BCUT2D eigenvalue weighted by molar-refractivity contribution is 6.03. The van der Waals surface area contributed by atoms with E-state index in [0.717, 1.165) is 12.1 Å². The lowest BCUT2D eigenvalue weighted by atomic mass is 10.2. The van der Waals surface area contributed by atoms with Gasteiger partial charge in [0.1, 0.15) is 5.82 Å². The molecule has 132 valence electrons. The zero-order valence-corrected chi connectivity index (χ0v) is 13.3. The molecule has 2 heterocycles. The number of hydrogen-bond donors (Lipinski definition) is 2. The highest BCUT2D eigenvalue weighted by Gasteiger charge is 2.30.